The molecule has 2 aliphatic rings. The number of sulfone groups is 1. The van der Waals surface area contributed by atoms with Crippen molar-refractivity contribution in [3.8, 4) is 5.75 Å². The minimum atomic E-state index is -3.15. The lowest BCUT2D eigenvalue weighted by Gasteiger charge is -2.52. The number of rotatable bonds is 8. The van der Waals surface area contributed by atoms with Crippen molar-refractivity contribution >= 4 is 15.7 Å². The third-order valence-corrected chi connectivity index (χ3v) is 8.09. The number of aromatic nitrogens is 1. The Morgan fingerprint density at radius 2 is 1.87 bits per heavy atom. The van der Waals surface area contributed by atoms with E-state index in [-0.39, 0.29) is 0 Å². The lowest BCUT2D eigenvalue weighted by Crippen LogP contribution is -2.47. The van der Waals surface area contributed by atoms with Crippen molar-refractivity contribution in [1.29, 1.82) is 0 Å². The van der Waals surface area contributed by atoms with Crippen LogP contribution in [0, 0.1) is 11.3 Å². The van der Waals surface area contributed by atoms with E-state index in [1.54, 1.807) is 24.3 Å². The molecule has 1 saturated carbocycles. The predicted molar refractivity (Wildman–Crippen MR) is 121 cm³/mol. The van der Waals surface area contributed by atoms with Gasteiger partial charge in [0.15, 0.2) is 9.84 Å². The summed E-state index contributed by atoms with van der Waals surface area (Å²) < 4.78 is 34.4. The molecule has 0 radical (unpaired) electrons. The zero-order chi connectivity index (χ0) is 22.1. The Hall–Kier alpha value is -2.02. The van der Waals surface area contributed by atoms with Gasteiger partial charge in [-0.25, -0.2) is 8.42 Å². The van der Waals surface area contributed by atoms with Gasteiger partial charge in [-0.1, -0.05) is 19.0 Å². The van der Waals surface area contributed by atoms with Crippen molar-refractivity contribution in [2.45, 2.75) is 63.2 Å². The smallest absolute Gasteiger partial charge is 0.227 e. The lowest BCUT2D eigenvalue weighted by atomic mass is 9.56. The zero-order valence-electron chi connectivity index (χ0n) is 18.8. The summed E-state index contributed by atoms with van der Waals surface area (Å²) in [4.78, 5) is 2.68. The first-order valence-corrected chi connectivity index (χ1v) is 13.3. The second-order valence-electron chi connectivity index (χ2n) is 9.74. The summed E-state index contributed by atoms with van der Waals surface area (Å²) in [6.07, 6.45) is 8.60. The summed E-state index contributed by atoms with van der Waals surface area (Å²) in [5.74, 6) is 2.87. The summed E-state index contributed by atoms with van der Waals surface area (Å²) in [5, 5.41) is 4.20. The van der Waals surface area contributed by atoms with Gasteiger partial charge in [-0.3, -0.25) is 0 Å². The molecule has 1 aliphatic heterocycles. The third kappa shape index (κ3) is 5.25. The largest absolute Gasteiger partial charge is 0.494 e. The summed E-state index contributed by atoms with van der Waals surface area (Å²) in [7, 11) is -3.15. The van der Waals surface area contributed by atoms with Crippen molar-refractivity contribution < 1.29 is 17.7 Å². The van der Waals surface area contributed by atoms with Crippen LogP contribution in [0.25, 0.3) is 0 Å². The molecule has 6 nitrogen and oxygen atoms in total. The van der Waals surface area contributed by atoms with Gasteiger partial charge in [0.2, 0.25) is 5.88 Å². The van der Waals surface area contributed by atoms with Crippen LogP contribution in [0.4, 0.5) is 5.88 Å². The van der Waals surface area contributed by atoms with Crippen molar-refractivity contribution in [2.24, 2.45) is 11.3 Å². The van der Waals surface area contributed by atoms with Crippen LogP contribution in [0.5, 0.6) is 5.75 Å². The highest BCUT2D eigenvalue weighted by Crippen LogP contribution is 2.54. The molecule has 31 heavy (non-hydrogen) atoms. The molecule has 1 aromatic carbocycles. The number of nitrogens with zero attached hydrogens (tertiary/aromatic N) is 2. The molecular weight excluding hydrogens is 412 g/mol. The Morgan fingerprint density at radius 1 is 1.19 bits per heavy atom. The molecule has 0 atom stereocenters. The summed E-state index contributed by atoms with van der Waals surface area (Å²) in [6.45, 7) is 7.08. The van der Waals surface area contributed by atoms with E-state index in [1.165, 1.54) is 38.4 Å². The maximum atomic E-state index is 11.5. The predicted octanol–water partition coefficient (Wildman–Crippen LogP) is 5.06. The molecule has 7 heteroatoms. The molecule has 4 rings (SSSR count). The number of anilines is 1. The second-order valence-corrected chi connectivity index (χ2v) is 11.8. The van der Waals surface area contributed by atoms with Crippen LogP contribution < -0.4 is 9.64 Å². The van der Waals surface area contributed by atoms with Crippen molar-refractivity contribution in [3.63, 3.8) is 0 Å². The van der Waals surface area contributed by atoms with Gasteiger partial charge in [0.05, 0.1) is 17.2 Å². The summed E-state index contributed by atoms with van der Waals surface area (Å²) >= 11 is 0. The average Bonchev–Trinajstić information content (AvgIpc) is 3.20. The van der Waals surface area contributed by atoms with Crippen LogP contribution in [0.15, 0.2) is 39.8 Å². The fourth-order valence-corrected chi connectivity index (χ4v) is 5.65. The quantitative estimate of drug-likeness (QED) is 0.528. The first-order chi connectivity index (χ1) is 14.7. The Bertz CT molecular complexity index is 965. The number of ether oxygens (including phenoxy) is 1. The van der Waals surface area contributed by atoms with Crippen molar-refractivity contribution in [2.75, 3.05) is 30.9 Å². The third-order valence-electron chi connectivity index (χ3n) is 6.96. The second kappa shape index (κ2) is 8.85. The highest BCUT2D eigenvalue weighted by Gasteiger charge is 2.45. The van der Waals surface area contributed by atoms with Crippen LogP contribution >= 0.6 is 0 Å². The van der Waals surface area contributed by atoms with Crippen molar-refractivity contribution in [3.05, 3.63) is 36.0 Å². The summed E-state index contributed by atoms with van der Waals surface area (Å²) in [6, 6.07) is 8.79. The molecule has 0 unspecified atom stereocenters. The molecule has 170 valence electrons. The lowest BCUT2D eigenvalue weighted by molar-refractivity contribution is 0.0200. The average molecular weight is 447 g/mol. The number of hydrogen-bond acceptors (Lipinski definition) is 6. The summed E-state index contributed by atoms with van der Waals surface area (Å²) in [5.41, 5.74) is 1.57. The highest BCUT2D eigenvalue weighted by atomic mass is 32.2. The van der Waals surface area contributed by atoms with E-state index in [2.05, 4.69) is 30.0 Å². The molecule has 1 aliphatic carbocycles. The standard InChI is InChI=1S/C24H34N2O4S/c1-18(2)22-15-23(30-25-22)26-12-10-24(11-13-26)16-19(17-24)5-4-14-29-20-6-8-21(9-7-20)31(3,27)28/h6-9,15,18-19H,4-5,10-14,16-17H2,1-3H3. The number of benzene rings is 1. The molecule has 0 amide bonds. The Balaban J connectivity index is 1.14. The van der Waals surface area contributed by atoms with E-state index in [0.717, 1.165) is 42.8 Å². The van der Waals surface area contributed by atoms with E-state index in [0.29, 0.717) is 22.8 Å². The molecule has 1 aromatic heterocycles. The number of piperidine rings is 1. The molecule has 2 aromatic rings. The topological polar surface area (TPSA) is 72.6 Å². The molecule has 2 heterocycles. The SMILES string of the molecule is CC(C)c1cc(N2CCC3(CC2)CC(CCCOc2ccc(S(C)(=O)=O)cc2)C3)on1. The van der Waals surface area contributed by atoms with Crippen LogP contribution in [0.2, 0.25) is 0 Å². The van der Waals surface area contributed by atoms with Crippen LogP contribution in [-0.2, 0) is 9.84 Å². The Labute approximate surface area is 185 Å². The van der Waals surface area contributed by atoms with E-state index in [1.807, 2.05) is 0 Å². The first kappa shape index (κ1) is 22.2. The molecule has 1 saturated heterocycles. The van der Waals surface area contributed by atoms with E-state index < -0.39 is 9.84 Å². The maximum absolute atomic E-state index is 11.5. The normalized spacial score (nSPS) is 19.0. The van der Waals surface area contributed by atoms with Crippen LogP contribution in [0.3, 0.4) is 0 Å². The zero-order valence-corrected chi connectivity index (χ0v) is 19.7. The molecule has 2 fully saturated rings. The molecule has 0 bridgehead atoms. The van der Waals surface area contributed by atoms with Gasteiger partial charge in [0.25, 0.3) is 0 Å². The Morgan fingerprint density at radius 3 is 2.45 bits per heavy atom. The minimum absolute atomic E-state index is 0.328. The molecular formula is C24H34N2O4S. The monoisotopic (exact) mass is 446 g/mol. The van der Waals surface area contributed by atoms with Gasteiger partial charge in [-0.2, -0.15) is 0 Å². The first-order valence-electron chi connectivity index (χ1n) is 11.4. The maximum Gasteiger partial charge on any atom is 0.227 e. The van der Waals surface area contributed by atoms with E-state index >= 15 is 0 Å². The van der Waals surface area contributed by atoms with Gasteiger partial charge >= 0.3 is 0 Å². The Kier molecular flexibility index (Phi) is 6.33. The van der Waals surface area contributed by atoms with E-state index in [9.17, 15) is 8.42 Å². The van der Waals surface area contributed by atoms with Crippen LogP contribution in [-0.4, -0.2) is 39.5 Å². The number of hydrogen-bond donors (Lipinski definition) is 0. The van der Waals surface area contributed by atoms with Crippen LogP contribution in [0.1, 0.15) is 64.0 Å². The minimum Gasteiger partial charge on any atom is -0.494 e. The molecule has 0 N–H and O–H groups in total. The van der Waals surface area contributed by atoms with Gasteiger partial charge in [0.1, 0.15) is 5.75 Å². The van der Waals surface area contributed by atoms with Crippen molar-refractivity contribution in [1.82, 2.24) is 5.16 Å². The van der Waals surface area contributed by atoms with Gasteiger partial charge in [-0.05, 0) is 80.0 Å². The van der Waals surface area contributed by atoms with Gasteiger partial charge < -0.3 is 14.2 Å². The van der Waals surface area contributed by atoms with Gasteiger partial charge in [-0.15, -0.1) is 0 Å². The highest BCUT2D eigenvalue weighted by molar-refractivity contribution is 7.90. The van der Waals surface area contributed by atoms with E-state index in [4.69, 9.17) is 9.26 Å². The fourth-order valence-electron chi connectivity index (χ4n) is 5.02. The fraction of sp³-hybridized carbons (Fsp3) is 0.625. The van der Waals surface area contributed by atoms with Gasteiger partial charge in [0, 0.05) is 25.4 Å². The molecule has 1 spiro atoms.